The number of hydrogen-bond acceptors (Lipinski definition) is 1. The molecule has 4 atom stereocenters. The third-order valence-electron chi connectivity index (χ3n) is 15.5. The van der Waals surface area contributed by atoms with E-state index in [1.807, 2.05) is 0 Å². The molecule has 0 saturated heterocycles. The minimum atomic E-state index is 0.0395. The number of furan rings is 1. The van der Waals surface area contributed by atoms with Crippen LogP contribution in [0.1, 0.15) is 113 Å². The second-order valence-electron chi connectivity index (χ2n) is 18.3. The van der Waals surface area contributed by atoms with Gasteiger partial charge in [-0.15, -0.1) is 0 Å². The van der Waals surface area contributed by atoms with Crippen LogP contribution in [-0.4, -0.2) is 6.71 Å². The second kappa shape index (κ2) is 12.2. The molecule has 7 aromatic carbocycles. The minimum Gasteiger partial charge on any atom is -0.456 e. The van der Waals surface area contributed by atoms with Gasteiger partial charge in [-0.1, -0.05) is 194 Å². The van der Waals surface area contributed by atoms with E-state index in [0.29, 0.717) is 5.92 Å². The van der Waals surface area contributed by atoms with Crippen LogP contribution in [0.25, 0.3) is 21.9 Å². The summed E-state index contributed by atoms with van der Waals surface area (Å²) in [6.07, 6.45) is 6.12. The Morgan fingerprint density at radius 1 is 0.632 bits per heavy atom. The third-order valence-corrected chi connectivity index (χ3v) is 15.5. The van der Waals surface area contributed by atoms with E-state index in [0.717, 1.165) is 17.6 Å². The molecule has 0 radical (unpaired) electrons. The molecule has 1 aromatic heterocycles. The number of benzene rings is 7. The fourth-order valence-electron chi connectivity index (χ4n) is 12.8. The first-order valence-electron chi connectivity index (χ1n) is 21.3. The lowest BCUT2D eigenvalue weighted by Crippen LogP contribution is -2.63. The van der Waals surface area contributed by atoms with E-state index < -0.39 is 0 Å². The number of fused-ring (bicyclic) bond motifs is 10. The molecule has 2 aliphatic carbocycles. The molecule has 12 rings (SSSR count). The standard InChI is InChI=1S/C55H47BO/c1-34-30-43-49(40-22-14-21-39-38-20-10-11-25-48(38)57-53(39)40)42-33-35(32-41(36-16-6-4-7-17-36)37-18-8-5-9-19-37)26-27-46(42)56-47-24-15-23-45-50(47)51(44(31-34)52(43)56)55(3)29-13-12-28-54(45,55)2/h4-11,14-27,30-31,33,41,49,51H,12-13,28-29,32H2,1-3H3. The van der Waals surface area contributed by atoms with Crippen molar-refractivity contribution < 1.29 is 4.42 Å². The molecule has 1 saturated carbocycles. The molecule has 2 heteroatoms. The van der Waals surface area contributed by atoms with Gasteiger partial charge in [0.25, 0.3) is 0 Å². The van der Waals surface area contributed by atoms with Crippen LogP contribution in [0.4, 0.5) is 0 Å². The second-order valence-corrected chi connectivity index (χ2v) is 18.3. The highest BCUT2D eigenvalue weighted by atomic mass is 16.3. The molecule has 3 heterocycles. The number of aryl methyl sites for hydroxylation is 1. The molecule has 57 heavy (non-hydrogen) atoms. The Morgan fingerprint density at radius 3 is 2.14 bits per heavy atom. The van der Waals surface area contributed by atoms with Gasteiger partial charge < -0.3 is 4.42 Å². The lowest BCUT2D eigenvalue weighted by Gasteiger charge is -2.50. The summed E-state index contributed by atoms with van der Waals surface area (Å²) >= 11 is 0. The van der Waals surface area contributed by atoms with Crippen LogP contribution >= 0.6 is 0 Å². The highest BCUT2D eigenvalue weighted by Crippen LogP contribution is 2.67. The van der Waals surface area contributed by atoms with Crippen molar-refractivity contribution in [3.8, 4) is 0 Å². The molecule has 0 amide bonds. The summed E-state index contributed by atoms with van der Waals surface area (Å²) < 4.78 is 6.91. The van der Waals surface area contributed by atoms with Gasteiger partial charge in [-0.2, -0.15) is 0 Å². The molecule has 0 N–H and O–H groups in total. The van der Waals surface area contributed by atoms with Gasteiger partial charge in [0.15, 0.2) is 0 Å². The summed E-state index contributed by atoms with van der Waals surface area (Å²) in [6.45, 7) is 7.82. The Balaban J connectivity index is 1.13. The van der Waals surface area contributed by atoms with Crippen molar-refractivity contribution in [3.63, 3.8) is 0 Å². The van der Waals surface area contributed by atoms with Gasteiger partial charge in [0.2, 0.25) is 6.71 Å². The van der Waals surface area contributed by atoms with E-state index in [-0.39, 0.29) is 29.4 Å². The number of hydrogen-bond donors (Lipinski definition) is 0. The smallest absolute Gasteiger partial charge is 0.242 e. The summed E-state index contributed by atoms with van der Waals surface area (Å²) in [4.78, 5) is 0. The van der Waals surface area contributed by atoms with E-state index >= 15 is 0 Å². The topological polar surface area (TPSA) is 13.1 Å². The minimum absolute atomic E-state index is 0.0395. The fourth-order valence-corrected chi connectivity index (χ4v) is 12.8. The molecule has 4 unspecified atom stereocenters. The van der Waals surface area contributed by atoms with Crippen LogP contribution in [0, 0.1) is 12.3 Å². The molecule has 8 aromatic rings. The molecule has 4 aliphatic rings. The van der Waals surface area contributed by atoms with Crippen LogP contribution in [0.3, 0.4) is 0 Å². The highest BCUT2D eigenvalue weighted by Gasteiger charge is 2.62. The lowest BCUT2D eigenvalue weighted by atomic mass is 9.28. The van der Waals surface area contributed by atoms with Gasteiger partial charge in [-0.3, -0.25) is 0 Å². The van der Waals surface area contributed by atoms with E-state index in [1.165, 1.54) is 80.9 Å². The van der Waals surface area contributed by atoms with Crippen LogP contribution in [0.5, 0.6) is 0 Å². The van der Waals surface area contributed by atoms with Gasteiger partial charge in [0, 0.05) is 34.1 Å². The first-order valence-corrected chi connectivity index (χ1v) is 21.3. The zero-order valence-corrected chi connectivity index (χ0v) is 33.2. The van der Waals surface area contributed by atoms with Crippen LogP contribution in [0.15, 0.2) is 156 Å². The fraction of sp³-hybridized carbons (Fsp3) is 0.236. The van der Waals surface area contributed by atoms with Crippen molar-refractivity contribution in [2.75, 3.05) is 0 Å². The quantitative estimate of drug-likeness (QED) is 0.161. The maximum absolute atomic E-state index is 6.91. The molecule has 2 aliphatic heterocycles. The Hall–Kier alpha value is -5.60. The summed E-state index contributed by atoms with van der Waals surface area (Å²) in [7, 11) is 0. The SMILES string of the molecule is Cc1cc2c3c(c1)C1c4c(cccc4C4(C)CCCCC14C)B3c1ccc(CC(c3ccccc3)c3ccccc3)cc1C2c1cccc2c1oc1ccccc12. The molecule has 0 spiro atoms. The Bertz CT molecular complexity index is 2860. The van der Waals surface area contributed by atoms with Crippen molar-refractivity contribution in [3.05, 3.63) is 207 Å². The van der Waals surface area contributed by atoms with Crippen molar-refractivity contribution in [2.24, 2.45) is 5.41 Å². The summed E-state index contributed by atoms with van der Waals surface area (Å²) in [5.74, 6) is 0.697. The van der Waals surface area contributed by atoms with E-state index in [2.05, 4.69) is 172 Å². The Labute approximate surface area is 336 Å². The molecule has 276 valence electrons. The maximum atomic E-state index is 6.91. The van der Waals surface area contributed by atoms with E-state index in [1.54, 1.807) is 27.6 Å². The van der Waals surface area contributed by atoms with Gasteiger partial charge in [-0.05, 0) is 87.6 Å². The lowest BCUT2D eigenvalue weighted by molar-refractivity contribution is 0.0926. The first-order chi connectivity index (χ1) is 27.9. The van der Waals surface area contributed by atoms with Gasteiger partial charge >= 0.3 is 0 Å². The van der Waals surface area contributed by atoms with Gasteiger partial charge in [0.05, 0.1) is 0 Å². The van der Waals surface area contributed by atoms with Gasteiger partial charge in [-0.25, -0.2) is 0 Å². The normalized spacial score (nSPS) is 22.7. The summed E-state index contributed by atoms with van der Waals surface area (Å²) in [6, 6.07) is 57.8. The average molecular weight is 735 g/mol. The summed E-state index contributed by atoms with van der Waals surface area (Å²) in [5.41, 5.74) is 21.4. The number of rotatable bonds is 5. The van der Waals surface area contributed by atoms with Crippen LogP contribution < -0.4 is 16.4 Å². The summed E-state index contributed by atoms with van der Waals surface area (Å²) in [5, 5.41) is 2.39. The van der Waals surface area contributed by atoms with E-state index in [4.69, 9.17) is 4.42 Å². The molecule has 1 fully saturated rings. The predicted octanol–water partition coefficient (Wildman–Crippen LogP) is 11.6. The Kier molecular flexibility index (Phi) is 7.18. The van der Waals surface area contributed by atoms with Crippen molar-refractivity contribution in [1.29, 1.82) is 0 Å². The van der Waals surface area contributed by atoms with Crippen molar-refractivity contribution in [2.45, 2.75) is 76.0 Å². The van der Waals surface area contributed by atoms with Crippen molar-refractivity contribution in [1.82, 2.24) is 0 Å². The van der Waals surface area contributed by atoms with Crippen molar-refractivity contribution >= 4 is 45.0 Å². The molecular formula is C55H47BO. The predicted molar refractivity (Wildman–Crippen MR) is 238 cm³/mol. The average Bonchev–Trinajstić information content (AvgIpc) is 3.73. The number of para-hydroxylation sites is 2. The molecule has 0 bridgehead atoms. The zero-order chi connectivity index (χ0) is 38.0. The zero-order valence-electron chi connectivity index (χ0n) is 33.2. The highest BCUT2D eigenvalue weighted by molar-refractivity contribution is 6.97. The van der Waals surface area contributed by atoms with Crippen LogP contribution in [0.2, 0.25) is 0 Å². The maximum Gasteiger partial charge on any atom is 0.242 e. The largest absolute Gasteiger partial charge is 0.456 e. The first kappa shape index (κ1) is 33.5. The van der Waals surface area contributed by atoms with Gasteiger partial charge in [0.1, 0.15) is 11.2 Å². The molecule has 1 nitrogen and oxygen atoms in total. The third kappa shape index (κ3) is 4.59. The molecular weight excluding hydrogens is 687 g/mol. The Morgan fingerprint density at radius 2 is 1.33 bits per heavy atom. The van der Waals surface area contributed by atoms with E-state index in [9.17, 15) is 0 Å². The monoisotopic (exact) mass is 734 g/mol. The van der Waals surface area contributed by atoms with Crippen LogP contribution in [-0.2, 0) is 11.8 Å².